The van der Waals surface area contributed by atoms with Gasteiger partial charge < -0.3 is 5.11 Å². The molecule has 16 heavy (non-hydrogen) atoms. The Balaban J connectivity index is 3.13. The van der Waals surface area contributed by atoms with Gasteiger partial charge in [0.25, 0.3) is 0 Å². The highest BCUT2D eigenvalue weighted by atomic mass is 19.4. The molecule has 0 aromatic heterocycles. The van der Waals surface area contributed by atoms with Crippen LogP contribution in [0.3, 0.4) is 0 Å². The lowest BCUT2D eigenvalue weighted by atomic mass is 9.79. The number of aliphatic carboxylic acids is 1. The molecule has 1 unspecified atom stereocenters. The van der Waals surface area contributed by atoms with E-state index in [9.17, 15) is 18.0 Å². The third-order valence-corrected chi connectivity index (χ3v) is 2.44. The summed E-state index contributed by atoms with van der Waals surface area (Å²) < 4.78 is 37.0. The van der Waals surface area contributed by atoms with Crippen molar-refractivity contribution in [2.75, 3.05) is 0 Å². The lowest BCUT2D eigenvalue weighted by molar-refractivity contribution is -0.166. The minimum atomic E-state index is -4.51. The van der Waals surface area contributed by atoms with Gasteiger partial charge in [-0.05, 0) is 12.5 Å². The van der Waals surface area contributed by atoms with Crippen LogP contribution in [0.15, 0.2) is 30.3 Å². The monoisotopic (exact) mass is 232 g/mol. The van der Waals surface area contributed by atoms with Gasteiger partial charge in [-0.25, -0.2) is 0 Å². The Hall–Kier alpha value is -1.52. The SMILES string of the molecule is CC(CC(F)(F)F)(C(=O)O)c1ccccc1. The van der Waals surface area contributed by atoms with E-state index in [1.165, 1.54) is 24.3 Å². The van der Waals surface area contributed by atoms with E-state index >= 15 is 0 Å². The van der Waals surface area contributed by atoms with Crippen LogP contribution in [-0.2, 0) is 10.2 Å². The van der Waals surface area contributed by atoms with Crippen molar-refractivity contribution in [2.24, 2.45) is 0 Å². The standard InChI is InChI=1S/C11H11F3O2/c1-10(9(15)16,7-11(12,13)14)8-5-3-2-4-6-8/h2-6H,7H2,1H3,(H,15,16). The molecule has 88 valence electrons. The molecule has 1 rings (SSSR count). The minimum absolute atomic E-state index is 0.153. The van der Waals surface area contributed by atoms with Crippen LogP contribution in [0.2, 0.25) is 0 Å². The predicted molar refractivity (Wildman–Crippen MR) is 52.1 cm³/mol. The highest BCUT2D eigenvalue weighted by molar-refractivity contribution is 5.80. The second kappa shape index (κ2) is 4.15. The van der Waals surface area contributed by atoms with E-state index in [4.69, 9.17) is 5.11 Å². The van der Waals surface area contributed by atoms with Gasteiger partial charge in [0.15, 0.2) is 0 Å². The van der Waals surface area contributed by atoms with Gasteiger partial charge in [-0.3, -0.25) is 4.79 Å². The van der Waals surface area contributed by atoms with Gasteiger partial charge in [0.05, 0.1) is 11.8 Å². The summed E-state index contributed by atoms with van der Waals surface area (Å²) in [6, 6.07) is 7.44. The highest BCUT2D eigenvalue weighted by Crippen LogP contribution is 2.36. The lowest BCUT2D eigenvalue weighted by Gasteiger charge is -2.26. The zero-order chi connectivity index (χ0) is 12.4. The summed E-state index contributed by atoms with van der Waals surface area (Å²) >= 11 is 0. The normalized spacial score (nSPS) is 15.5. The molecule has 0 radical (unpaired) electrons. The van der Waals surface area contributed by atoms with Gasteiger partial charge in [0.2, 0.25) is 0 Å². The predicted octanol–water partition coefficient (Wildman–Crippen LogP) is 2.98. The van der Waals surface area contributed by atoms with Gasteiger partial charge in [-0.15, -0.1) is 0 Å². The third kappa shape index (κ3) is 2.74. The smallest absolute Gasteiger partial charge is 0.390 e. The summed E-state index contributed by atoms with van der Waals surface area (Å²) in [7, 11) is 0. The summed E-state index contributed by atoms with van der Waals surface area (Å²) in [5, 5.41) is 8.95. The minimum Gasteiger partial charge on any atom is -0.481 e. The average Bonchev–Trinajstić information content (AvgIpc) is 2.16. The van der Waals surface area contributed by atoms with Crippen molar-refractivity contribution >= 4 is 5.97 Å². The number of hydrogen-bond acceptors (Lipinski definition) is 1. The summed E-state index contributed by atoms with van der Waals surface area (Å²) in [6.07, 6.45) is -5.89. The fraction of sp³-hybridized carbons (Fsp3) is 0.364. The number of rotatable bonds is 3. The maximum absolute atomic E-state index is 12.3. The van der Waals surface area contributed by atoms with E-state index in [1.54, 1.807) is 6.07 Å². The van der Waals surface area contributed by atoms with E-state index in [-0.39, 0.29) is 5.56 Å². The summed E-state index contributed by atoms with van der Waals surface area (Å²) in [6.45, 7) is 1.08. The molecule has 1 aromatic carbocycles. The first-order valence-corrected chi connectivity index (χ1v) is 4.61. The lowest BCUT2D eigenvalue weighted by Crippen LogP contribution is -2.37. The molecule has 0 aliphatic rings. The molecular weight excluding hydrogens is 221 g/mol. The number of hydrogen-bond donors (Lipinski definition) is 1. The number of carboxylic acids is 1. The molecule has 0 saturated carbocycles. The van der Waals surface area contributed by atoms with E-state index in [2.05, 4.69) is 0 Å². The van der Waals surface area contributed by atoms with Crippen molar-refractivity contribution in [3.8, 4) is 0 Å². The van der Waals surface area contributed by atoms with Crippen molar-refractivity contribution in [3.63, 3.8) is 0 Å². The third-order valence-electron chi connectivity index (χ3n) is 2.44. The number of alkyl halides is 3. The van der Waals surface area contributed by atoms with Gasteiger partial charge in [-0.2, -0.15) is 13.2 Å². The van der Waals surface area contributed by atoms with E-state index in [0.29, 0.717) is 0 Å². The van der Waals surface area contributed by atoms with Gasteiger partial charge >= 0.3 is 12.1 Å². The summed E-state index contributed by atoms with van der Waals surface area (Å²) in [5.41, 5.74) is -1.78. The van der Waals surface area contributed by atoms with Crippen LogP contribution in [0.1, 0.15) is 18.9 Å². The number of benzene rings is 1. The Bertz CT molecular complexity index is 373. The number of carboxylic acid groups (broad SMARTS) is 1. The van der Waals surface area contributed by atoms with Crippen molar-refractivity contribution in [1.82, 2.24) is 0 Å². The van der Waals surface area contributed by atoms with Crippen LogP contribution < -0.4 is 0 Å². The average molecular weight is 232 g/mol. The Morgan fingerprint density at radius 3 is 2.12 bits per heavy atom. The van der Waals surface area contributed by atoms with Crippen LogP contribution >= 0.6 is 0 Å². The molecule has 0 heterocycles. The molecule has 0 spiro atoms. The maximum Gasteiger partial charge on any atom is 0.390 e. The maximum atomic E-state index is 12.3. The quantitative estimate of drug-likeness (QED) is 0.869. The molecule has 0 aliphatic heterocycles. The van der Waals surface area contributed by atoms with Crippen LogP contribution in [0.5, 0.6) is 0 Å². The number of carbonyl (C=O) groups is 1. The molecule has 0 fully saturated rings. The molecule has 5 heteroatoms. The second-order valence-corrected chi connectivity index (χ2v) is 3.80. The summed E-state index contributed by atoms with van der Waals surface area (Å²) in [5.74, 6) is -1.48. The molecule has 1 N–H and O–H groups in total. The first-order valence-electron chi connectivity index (χ1n) is 4.61. The fourth-order valence-electron chi connectivity index (χ4n) is 1.51. The second-order valence-electron chi connectivity index (χ2n) is 3.80. The van der Waals surface area contributed by atoms with Gasteiger partial charge in [0, 0.05) is 0 Å². The highest BCUT2D eigenvalue weighted by Gasteiger charge is 2.45. The topological polar surface area (TPSA) is 37.3 Å². The molecular formula is C11H11F3O2. The Kier molecular flexibility index (Phi) is 3.26. The fourth-order valence-corrected chi connectivity index (χ4v) is 1.51. The zero-order valence-corrected chi connectivity index (χ0v) is 8.58. The molecule has 0 amide bonds. The molecule has 0 aliphatic carbocycles. The van der Waals surface area contributed by atoms with Crippen molar-refractivity contribution in [3.05, 3.63) is 35.9 Å². The van der Waals surface area contributed by atoms with Gasteiger partial charge in [0.1, 0.15) is 0 Å². The first-order chi connectivity index (χ1) is 7.26. The number of halogens is 3. The molecule has 0 bridgehead atoms. The zero-order valence-electron chi connectivity index (χ0n) is 8.58. The van der Waals surface area contributed by atoms with Crippen LogP contribution in [-0.4, -0.2) is 17.3 Å². The molecule has 2 nitrogen and oxygen atoms in total. The Labute approximate surface area is 90.7 Å². The van der Waals surface area contributed by atoms with E-state index in [0.717, 1.165) is 6.92 Å². The van der Waals surface area contributed by atoms with E-state index < -0.39 is 24.0 Å². The van der Waals surface area contributed by atoms with Crippen LogP contribution in [0, 0.1) is 0 Å². The summed E-state index contributed by atoms with van der Waals surface area (Å²) in [4.78, 5) is 11.0. The Morgan fingerprint density at radius 2 is 1.75 bits per heavy atom. The largest absolute Gasteiger partial charge is 0.481 e. The first kappa shape index (κ1) is 12.5. The van der Waals surface area contributed by atoms with Crippen molar-refractivity contribution < 1.29 is 23.1 Å². The van der Waals surface area contributed by atoms with Crippen LogP contribution in [0.25, 0.3) is 0 Å². The molecule has 0 saturated heterocycles. The Morgan fingerprint density at radius 1 is 1.25 bits per heavy atom. The van der Waals surface area contributed by atoms with Crippen molar-refractivity contribution in [1.29, 1.82) is 0 Å². The molecule has 1 aromatic rings. The molecule has 1 atom stereocenters. The van der Waals surface area contributed by atoms with E-state index in [1.807, 2.05) is 0 Å². The van der Waals surface area contributed by atoms with Crippen molar-refractivity contribution in [2.45, 2.75) is 24.9 Å². The van der Waals surface area contributed by atoms with Gasteiger partial charge in [-0.1, -0.05) is 30.3 Å². The van der Waals surface area contributed by atoms with Crippen LogP contribution in [0.4, 0.5) is 13.2 Å².